The molecule has 2 aliphatic rings. The Bertz CT molecular complexity index is 1730. The molecule has 12 nitrogen and oxygen atoms in total. The van der Waals surface area contributed by atoms with E-state index >= 15 is 0 Å². The van der Waals surface area contributed by atoms with Crippen molar-refractivity contribution >= 4 is 48.2 Å². The minimum atomic E-state index is -1.22. The van der Waals surface area contributed by atoms with Crippen molar-refractivity contribution in [2.45, 2.75) is 77.7 Å². The van der Waals surface area contributed by atoms with Crippen LogP contribution in [-0.2, 0) is 20.9 Å². The number of carbonyl (C=O) groups is 1. The van der Waals surface area contributed by atoms with Crippen LogP contribution in [0, 0.1) is 0 Å². The van der Waals surface area contributed by atoms with Crippen molar-refractivity contribution in [1.82, 2.24) is 24.8 Å². The van der Waals surface area contributed by atoms with Crippen LogP contribution in [-0.4, -0.2) is 91.3 Å². The van der Waals surface area contributed by atoms with Gasteiger partial charge in [-0.1, -0.05) is 31.8 Å². The van der Waals surface area contributed by atoms with Crippen LogP contribution in [0.4, 0.5) is 27.8 Å². The molecule has 1 amide bonds. The van der Waals surface area contributed by atoms with Crippen molar-refractivity contribution in [2.24, 2.45) is 0 Å². The van der Waals surface area contributed by atoms with Gasteiger partial charge in [0.05, 0.1) is 36.2 Å². The van der Waals surface area contributed by atoms with Gasteiger partial charge in [-0.2, -0.15) is 0 Å². The molecule has 5 heterocycles. The summed E-state index contributed by atoms with van der Waals surface area (Å²) in [7, 11) is -1.22. The van der Waals surface area contributed by atoms with E-state index in [1.54, 1.807) is 6.33 Å². The number of anilines is 4. The predicted octanol–water partition coefficient (Wildman–Crippen LogP) is 6.88. The molecule has 2 saturated heterocycles. The van der Waals surface area contributed by atoms with E-state index in [1.165, 1.54) is 0 Å². The van der Waals surface area contributed by atoms with Gasteiger partial charge in [0, 0.05) is 52.6 Å². The molecule has 0 unspecified atom stereocenters. The van der Waals surface area contributed by atoms with Crippen LogP contribution in [0.15, 0.2) is 55.0 Å². The maximum absolute atomic E-state index is 12.3. The molecular weight excluding hydrogens is 649 g/mol. The molecule has 2 aliphatic heterocycles. The van der Waals surface area contributed by atoms with Gasteiger partial charge in [-0.15, -0.1) is 0 Å². The Hall–Kier alpha value is -4.20. The lowest BCUT2D eigenvalue weighted by Crippen LogP contribution is -2.49. The number of rotatable bonds is 11. The zero-order valence-corrected chi connectivity index (χ0v) is 31.4. The molecule has 268 valence electrons. The van der Waals surface area contributed by atoms with Crippen molar-refractivity contribution in [3.05, 3.63) is 55.0 Å². The predicted molar refractivity (Wildman–Crippen MR) is 202 cm³/mol. The van der Waals surface area contributed by atoms with Crippen molar-refractivity contribution < 1.29 is 19.0 Å². The topological polar surface area (TPSA) is 119 Å². The van der Waals surface area contributed by atoms with E-state index < -0.39 is 13.7 Å². The number of nitrogens with zero attached hydrogens (tertiary/aromatic N) is 6. The lowest BCUT2D eigenvalue weighted by Gasteiger charge is -2.34. The number of aromatic nitrogens is 4. The van der Waals surface area contributed by atoms with E-state index in [4.69, 9.17) is 29.2 Å². The molecule has 2 N–H and O–H groups in total. The Morgan fingerprint density at radius 1 is 0.980 bits per heavy atom. The quantitative estimate of drug-likeness (QED) is 0.127. The summed E-state index contributed by atoms with van der Waals surface area (Å²) in [5.41, 5.74) is 4.33. The summed E-state index contributed by atoms with van der Waals surface area (Å²) in [6, 6.07) is 15.8. The molecule has 0 aliphatic carbocycles. The number of hydrogen-bond donors (Lipinski definition) is 2. The molecule has 1 atom stereocenters. The number of carbonyl (C=O) groups excluding carboxylic acids is 1. The number of benzene rings is 1. The second-order valence-electron chi connectivity index (χ2n) is 15.4. The van der Waals surface area contributed by atoms with Crippen molar-refractivity contribution in [3.63, 3.8) is 0 Å². The van der Waals surface area contributed by atoms with Crippen molar-refractivity contribution in [3.8, 4) is 11.3 Å². The van der Waals surface area contributed by atoms with Gasteiger partial charge in [-0.25, -0.2) is 19.7 Å². The molecule has 4 aromatic rings. The van der Waals surface area contributed by atoms with E-state index in [1.807, 2.05) is 39.1 Å². The minimum Gasteiger partial charge on any atom is -0.444 e. The van der Waals surface area contributed by atoms with Gasteiger partial charge in [0.1, 0.15) is 35.9 Å². The Labute approximate surface area is 296 Å². The van der Waals surface area contributed by atoms with E-state index in [0.717, 1.165) is 90.4 Å². The number of alkyl carbamates (subject to hydrolysis) is 1. The fourth-order valence-corrected chi connectivity index (χ4v) is 7.05. The molecule has 0 spiro atoms. The average molecular weight is 701 g/mol. The normalized spacial score (nSPS) is 17.2. The maximum atomic E-state index is 12.3. The van der Waals surface area contributed by atoms with Crippen LogP contribution >= 0.6 is 0 Å². The SMILES string of the molecule is CC(C)(C)OC(=O)N[C@@H]1CCCN(c2ccc(Nc3ccc(-c4cc5c(N6CCOCC6)ncnc5n4COCC[Si](C)(C)C)cc3)cn2)C1. The first kappa shape index (κ1) is 35.6. The van der Waals surface area contributed by atoms with Crippen LogP contribution in [0.1, 0.15) is 33.6 Å². The van der Waals surface area contributed by atoms with Crippen molar-refractivity contribution in [2.75, 3.05) is 61.1 Å². The van der Waals surface area contributed by atoms with E-state index in [0.29, 0.717) is 26.5 Å². The summed E-state index contributed by atoms with van der Waals surface area (Å²) in [6.45, 7) is 18.5. The summed E-state index contributed by atoms with van der Waals surface area (Å²) in [4.78, 5) is 31.0. The molecule has 1 aromatic carbocycles. The molecule has 2 fully saturated rings. The summed E-state index contributed by atoms with van der Waals surface area (Å²) >= 11 is 0. The zero-order chi connectivity index (χ0) is 35.3. The second kappa shape index (κ2) is 15.4. The highest BCUT2D eigenvalue weighted by Gasteiger charge is 2.25. The molecule has 6 rings (SSSR count). The van der Waals surface area contributed by atoms with Gasteiger partial charge in [-0.05, 0) is 75.6 Å². The number of fused-ring (bicyclic) bond motifs is 1. The van der Waals surface area contributed by atoms with Gasteiger partial charge >= 0.3 is 6.09 Å². The fourth-order valence-electron chi connectivity index (χ4n) is 6.30. The monoisotopic (exact) mass is 700 g/mol. The number of pyridine rings is 1. The van der Waals surface area contributed by atoms with Gasteiger partial charge in [0.2, 0.25) is 0 Å². The average Bonchev–Trinajstić information content (AvgIpc) is 3.45. The van der Waals surface area contributed by atoms with Crippen LogP contribution in [0.2, 0.25) is 25.7 Å². The van der Waals surface area contributed by atoms with Crippen LogP contribution in [0.3, 0.4) is 0 Å². The zero-order valence-electron chi connectivity index (χ0n) is 30.4. The first-order chi connectivity index (χ1) is 23.9. The Kier molecular flexibility index (Phi) is 10.9. The molecular formula is C37H52N8O4Si. The second-order valence-corrected chi connectivity index (χ2v) is 21.0. The Morgan fingerprint density at radius 3 is 2.44 bits per heavy atom. The van der Waals surface area contributed by atoms with E-state index in [-0.39, 0.29) is 12.1 Å². The van der Waals surface area contributed by atoms with Crippen molar-refractivity contribution in [1.29, 1.82) is 0 Å². The first-order valence-corrected chi connectivity index (χ1v) is 21.5. The number of ether oxygens (including phenoxy) is 3. The standard InChI is InChI=1S/C37H52N8O4Si/c1-37(2,3)49-36(46)42-30-8-7-15-44(24-30)33-14-13-29(23-38-33)41-28-11-9-27(10-12-28)32-22-31-34(43-16-18-47-19-17-43)39-25-40-35(31)45(32)26-48-20-21-50(4,5)6/h9-14,22-23,25,30,41H,7-8,15-21,24,26H2,1-6H3,(H,42,46)/t30-/m1/s1. The Morgan fingerprint density at radius 2 is 1.74 bits per heavy atom. The molecule has 3 aromatic heterocycles. The molecule has 0 radical (unpaired) electrons. The highest BCUT2D eigenvalue weighted by atomic mass is 28.3. The minimum absolute atomic E-state index is 0.0186. The van der Waals surface area contributed by atoms with Crippen LogP contribution < -0.4 is 20.4 Å². The highest BCUT2D eigenvalue weighted by Crippen LogP contribution is 2.33. The van der Waals surface area contributed by atoms with Crippen LogP contribution in [0.5, 0.6) is 0 Å². The maximum Gasteiger partial charge on any atom is 0.407 e. The molecule has 0 bridgehead atoms. The lowest BCUT2D eigenvalue weighted by atomic mass is 10.1. The number of amides is 1. The first-order valence-electron chi connectivity index (χ1n) is 17.7. The van der Waals surface area contributed by atoms with Crippen LogP contribution in [0.25, 0.3) is 22.3 Å². The summed E-state index contributed by atoms with van der Waals surface area (Å²) in [6.07, 6.45) is 5.03. The summed E-state index contributed by atoms with van der Waals surface area (Å²) < 4.78 is 19.5. The molecule has 0 saturated carbocycles. The van der Waals surface area contributed by atoms with E-state index in [2.05, 4.69) is 75.0 Å². The number of nitrogens with one attached hydrogen (secondary N) is 2. The third-order valence-corrected chi connectivity index (χ3v) is 10.6. The third kappa shape index (κ3) is 9.32. The fraction of sp³-hybridized carbons (Fsp3) is 0.514. The molecule has 50 heavy (non-hydrogen) atoms. The Balaban J connectivity index is 1.15. The third-order valence-electron chi connectivity index (χ3n) is 8.88. The summed E-state index contributed by atoms with van der Waals surface area (Å²) in [5, 5.41) is 7.53. The number of hydrogen-bond acceptors (Lipinski definition) is 10. The number of piperidine rings is 1. The van der Waals surface area contributed by atoms with Gasteiger partial charge in [0.25, 0.3) is 0 Å². The largest absolute Gasteiger partial charge is 0.444 e. The molecule has 13 heteroatoms. The van der Waals surface area contributed by atoms with Gasteiger partial charge < -0.3 is 39.2 Å². The summed E-state index contributed by atoms with van der Waals surface area (Å²) in [5.74, 6) is 1.83. The van der Waals surface area contributed by atoms with Gasteiger partial charge in [-0.3, -0.25) is 0 Å². The van der Waals surface area contributed by atoms with Gasteiger partial charge in [0.15, 0.2) is 0 Å². The lowest BCUT2D eigenvalue weighted by molar-refractivity contribution is 0.0500. The smallest absolute Gasteiger partial charge is 0.407 e. The van der Waals surface area contributed by atoms with E-state index in [9.17, 15) is 4.79 Å². The highest BCUT2D eigenvalue weighted by molar-refractivity contribution is 6.76. The number of morpholine rings is 1.